The molecule has 0 atom stereocenters. The molecular weight excluding hydrogens is 259 g/mol. The number of rotatable bonds is 10. The molecule has 0 amide bonds. The van der Waals surface area contributed by atoms with Crippen LogP contribution in [-0.4, -0.2) is 47.1 Å². The third-order valence-corrected chi connectivity index (χ3v) is 3.14. The molecule has 0 unspecified atom stereocenters. The zero-order valence-electron chi connectivity index (χ0n) is 12.4. The molecule has 0 saturated carbocycles. The van der Waals surface area contributed by atoms with Crippen molar-refractivity contribution in [2.45, 2.75) is 12.8 Å². The Balaban J connectivity index is 2.86. The fourth-order valence-corrected chi connectivity index (χ4v) is 2.17. The van der Waals surface area contributed by atoms with Crippen LogP contribution in [0.1, 0.15) is 12.0 Å². The molecular formula is C15H25FN2O2. The molecule has 1 aromatic carbocycles. The molecule has 0 fully saturated rings. The number of hydrogen-bond donors (Lipinski definition) is 1. The van der Waals surface area contributed by atoms with Crippen LogP contribution < -0.4 is 10.6 Å². The van der Waals surface area contributed by atoms with Crippen molar-refractivity contribution < 1.29 is 13.9 Å². The van der Waals surface area contributed by atoms with Gasteiger partial charge in [0.05, 0.1) is 6.61 Å². The van der Waals surface area contributed by atoms with Gasteiger partial charge in [-0.25, -0.2) is 4.39 Å². The first-order valence-electron chi connectivity index (χ1n) is 6.94. The Labute approximate surface area is 120 Å². The Morgan fingerprint density at radius 1 is 1.15 bits per heavy atom. The van der Waals surface area contributed by atoms with Crippen LogP contribution in [0.15, 0.2) is 18.2 Å². The Hall–Kier alpha value is -1.17. The summed E-state index contributed by atoms with van der Waals surface area (Å²) in [5, 5.41) is 0. The van der Waals surface area contributed by atoms with Crippen LogP contribution in [0, 0.1) is 5.82 Å². The van der Waals surface area contributed by atoms with Gasteiger partial charge in [-0.2, -0.15) is 0 Å². The minimum Gasteiger partial charge on any atom is -0.385 e. The molecule has 5 heteroatoms. The van der Waals surface area contributed by atoms with E-state index in [0.717, 1.165) is 30.8 Å². The predicted octanol–water partition coefficient (Wildman–Crippen LogP) is 1.82. The summed E-state index contributed by atoms with van der Waals surface area (Å²) >= 11 is 0. The van der Waals surface area contributed by atoms with E-state index in [2.05, 4.69) is 4.90 Å². The van der Waals surface area contributed by atoms with E-state index >= 15 is 0 Å². The molecule has 4 nitrogen and oxygen atoms in total. The normalized spacial score (nSPS) is 10.8. The van der Waals surface area contributed by atoms with Crippen LogP contribution in [-0.2, 0) is 15.9 Å². The van der Waals surface area contributed by atoms with Crippen LogP contribution >= 0.6 is 0 Å². The van der Waals surface area contributed by atoms with Crippen LogP contribution in [0.25, 0.3) is 0 Å². The molecule has 0 bridgehead atoms. The van der Waals surface area contributed by atoms with Gasteiger partial charge in [0, 0.05) is 39.6 Å². The Morgan fingerprint density at radius 3 is 2.55 bits per heavy atom. The first kappa shape index (κ1) is 16.9. The standard InChI is InChI=1S/C15H25FN2O2/c1-19-10-3-8-18(9-11-20-2)15-5-4-14(16)12-13(15)6-7-17/h4-5,12H,3,6-11,17H2,1-2H3. The van der Waals surface area contributed by atoms with E-state index in [1.54, 1.807) is 20.3 Å². The van der Waals surface area contributed by atoms with Gasteiger partial charge in [-0.15, -0.1) is 0 Å². The number of anilines is 1. The molecule has 0 aliphatic carbocycles. The largest absolute Gasteiger partial charge is 0.385 e. The number of nitrogens with zero attached hydrogens (tertiary/aromatic N) is 1. The van der Waals surface area contributed by atoms with Gasteiger partial charge < -0.3 is 20.1 Å². The highest BCUT2D eigenvalue weighted by Crippen LogP contribution is 2.22. The summed E-state index contributed by atoms with van der Waals surface area (Å²) < 4.78 is 23.6. The van der Waals surface area contributed by atoms with Gasteiger partial charge in [-0.1, -0.05) is 0 Å². The molecule has 20 heavy (non-hydrogen) atoms. The zero-order valence-corrected chi connectivity index (χ0v) is 12.4. The lowest BCUT2D eigenvalue weighted by Gasteiger charge is -2.27. The second kappa shape index (κ2) is 9.69. The van der Waals surface area contributed by atoms with E-state index < -0.39 is 0 Å². The summed E-state index contributed by atoms with van der Waals surface area (Å²) in [5.41, 5.74) is 7.59. The lowest BCUT2D eigenvalue weighted by Crippen LogP contribution is -2.30. The molecule has 0 radical (unpaired) electrons. The average molecular weight is 284 g/mol. The first-order valence-corrected chi connectivity index (χ1v) is 6.94. The fraction of sp³-hybridized carbons (Fsp3) is 0.600. The van der Waals surface area contributed by atoms with Crippen LogP contribution in [0.5, 0.6) is 0 Å². The minimum absolute atomic E-state index is 0.221. The highest BCUT2D eigenvalue weighted by atomic mass is 19.1. The maximum atomic E-state index is 13.4. The summed E-state index contributed by atoms with van der Waals surface area (Å²) in [6, 6.07) is 4.88. The van der Waals surface area contributed by atoms with Crippen LogP contribution in [0.4, 0.5) is 10.1 Å². The molecule has 114 valence electrons. The van der Waals surface area contributed by atoms with E-state index in [1.165, 1.54) is 6.07 Å². The molecule has 0 saturated heterocycles. The smallest absolute Gasteiger partial charge is 0.123 e. The van der Waals surface area contributed by atoms with Crippen molar-refractivity contribution in [3.8, 4) is 0 Å². The molecule has 0 aliphatic heterocycles. The van der Waals surface area contributed by atoms with E-state index in [1.807, 2.05) is 6.07 Å². The third-order valence-electron chi connectivity index (χ3n) is 3.14. The Kier molecular flexibility index (Phi) is 8.18. The number of halogens is 1. The van der Waals surface area contributed by atoms with Gasteiger partial charge in [0.2, 0.25) is 0 Å². The van der Waals surface area contributed by atoms with Crippen molar-refractivity contribution in [3.05, 3.63) is 29.6 Å². The SMILES string of the molecule is COCCCN(CCOC)c1ccc(F)cc1CCN. The van der Waals surface area contributed by atoms with Gasteiger partial charge >= 0.3 is 0 Å². The van der Waals surface area contributed by atoms with Gasteiger partial charge in [0.1, 0.15) is 5.82 Å². The molecule has 1 rings (SSSR count). The lowest BCUT2D eigenvalue weighted by molar-refractivity contribution is 0.191. The van der Waals surface area contributed by atoms with Crippen LogP contribution in [0.3, 0.4) is 0 Å². The summed E-state index contributed by atoms with van der Waals surface area (Å²) in [6.45, 7) is 3.46. The lowest BCUT2D eigenvalue weighted by atomic mass is 10.1. The van der Waals surface area contributed by atoms with Crippen molar-refractivity contribution in [2.24, 2.45) is 5.73 Å². The minimum atomic E-state index is -0.221. The van der Waals surface area contributed by atoms with Crippen molar-refractivity contribution in [2.75, 3.05) is 52.0 Å². The van der Waals surface area contributed by atoms with Crippen molar-refractivity contribution in [1.29, 1.82) is 0 Å². The maximum Gasteiger partial charge on any atom is 0.123 e. The van der Waals surface area contributed by atoms with Gasteiger partial charge in [0.25, 0.3) is 0 Å². The first-order chi connectivity index (χ1) is 9.72. The van der Waals surface area contributed by atoms with Gasteiger partial charge in [-0.3, -0.25) is 0 Å². The molecule has 1 aromatic rings. The van der Waals surface area contributed by atoms with E-state index in [-0.39, 0.29) is 5.82 Å². The second-order valence-corrected chi connectivity index (χ2v) is 4.64. The quantitative estimate of drug-likeness (QED) is 0.666. The Morgan fingerprint density at radius 2 is 1.90 bits per heavy atom. The number of ether oxygens (including phenoxy) is 2. The number of nitrogens with two attached hydrogens (primary N) is 1. The van der Waals surface area contributed by atoms with Crippen molar-refractivity contribution in [1.82, 2.24) is 0 Å². The van der Waals surface area contributed by atoms with E-state index in [4.69, 9.17) is 15.2 Å². The predicted molar refractivity (Wildman–Crippen MR) is 79.7 cm³/mol. The number of methoxy groups -OCH3 is 2. The van der Waals surface area contributed by atoms with Crippen LogP contribution in [0.2, 0.25) is 0 Å². The molecule has 0 aliphatic rings. The summed E-state index contributed by atoms with van der Waals surface area (Å²) in [6.07, 6.45) is 1.58. The van der Waals surface area contributed by atoms with Crippen molar-refractivity contribution in [3.63, 3.8) is 0 Å². The topological polar surface area (TPSA) is 47.7 Å². The van der Waals surface area contributed by atoms with Crippen molar-refractivity contribution >= 4 is 5.69 Å². The average Bonchev–Trinajstić information content (AvgIpc) is 2.44. The fourth-order valence-electron chi connectivity index (χ4n) is 2.17. The Bertz CT molecular complexity index is 388. The number of hydrogen-bond acceptors (Lipinski definition) is 4. The summed E-state index contributed by atoms with van der Waals surface area (Å²) in [7, 11) is 3.37. The summed E-state index contributed by atoms with van der Waals surface area (Å²) in [4.78, 5) is 2.20. The van der Waals surface area contributed by atoms with E-state index in [9.17, 15) is 4.39 Å². The highest BCUT2D eigenvalue weighted by molar-refractivity contribution is 5.54. The maximum absolute atomic E-state index is 13.4. The molecule has 0 spiro atoms. The van der Waals surface area contributed by atoms with Gasteiger partial charge in [0.15, 0.2) is 0 Å². The summed E-state index contributed by atoms with van der Waals surface area (Å²) in [5.74, 6) is -0.221. The second-order valence-electron chi connectivity index (χ2n) is 4.64. The number of benzene rings is 1. The van der Waals surface area contributed by atoms with Gasteiger partial charge in [-0.05, 0) is 43.1 Å². The highest BCUT2D eigenvalue weighted by Gasteiger charge is 2.11. The molecule has 0 aromatic heterocycles. The third kappa shape index (κ3) is 5.45. The zero-order chi connectivity index (χ0) is 14.8. The monoisotopic (exact) mass is 284 g/mol. The van der Waals surface area contributed by atoms with E-state index in [0.29, 0.717) is 26.2 Å². The molecule has 2 N–H and O–H groups in total. The molecule has 0 heterocycles.